The highest BCUT2D eigenvalue weighted by molar-refractivity contribution is 5.61. The lowest BCUT2D eigenvalue weighted by Gasteiger charge is -2.19. The third-order valence-corrected chi connectivity index (χ3v) is 7.41. The van der Waals surface area contributed by atoms with Gasteiger partial charge >= 0.3 is 11.8 Å². The number of aromatic nitrogens is 2. The fourth-order valence-corrected chi connectivity index (χ4v) is 4.97. The molecule has 1 aliphatic heterocycles. The lowest BCUT2D eigenvalue weighted by molar-refractivity contribution is -0.386. The Morgan fingerprint density at radius 2 is 1.58 bits per heavy atom. The summed E-state index contributed by atoms with van der Waals surface area (Å²) >= 11 is 0. The largest absolute Gasteiger partial charge is 0.508 e. The summed E-state index contributed by atoms with van der Waals surface area (Å²) < 4.78 is 45.6. The zero-order chi connectivity index (χ0) is 35.7. The Morgan fingerprint density at radius 3 is 2.24 bits per heavy atom. The van der Waals surface area contributed by atoms with Crippen LogP contribution in [0.15, 0.2) is 64.3 Å². The number of hydrogen-bond acceptors (Lipinski definition) is 14. The molecule has 17 nitrogen and oxygen atoms in total. The number of aryl methyl sites for hydroxylation is 1. The molecule has 0 unspecified atom stereocenters. The number of nitro groups is 1. The van der Waals surface area contributed by atoms with Crippen molar-refractivity contribution < 1.29 is 47.6 Å². The number of benzene rings is 2. The van der Waals surface area contributed by atoms with E-state index in [1.54, 1.807) is 43.3 Å². The van der Waals surface area contributed by atoms with Crippen molar-refractivity contribution in [1.29, 1.82) is 0 Å². The number of aromatic amines is 1. The van der Waals surface area contributed by atoms with Crippen molar-refractivity contribution >= 4 is 11.8 Å². The van der Waals surface area contributed by atoms with Crippen molar-refractivity contribution in [3.63, 3.8) is 0 Å². The van der Waals surface area contributed by atoms with E-state index in [9.17, 15) is 24.5 Å². The molecule has 1 aromatic heterocycles. The van der Waals surface area contributed by atoms with Crippen LogP contribution in [-0.4, -0.2) is 92.2 Å². The second-order valence-corrected chi connectivity index (χ2v) is 11.0. The number of hydrogen-bond donors (Lipinski definition) is 2. The number of nitrogens with two attached hydrogens (primary N) is 1. The van der Waals surface area contributed by atoms with Crippen molar-refractivity contribution in [3.05, 3.63) is 102 Å². The number of para-hydroxylation sites is 2. The van der Waals surface area contributed by atoms with Gasteiger partial charge in [-0.3, -0.25) is 24.5 Å². The number of carbonyl (C=O) groups excluding carboxylic acids is 1. The molecule has 0 spiro atoms. The molecule has 0 saturated carbocycles. The molecule has 3 N–H and O–H groups in total. The van der Waals surface area contributed by atoms with E-state index in [4.69, 9.17) is 43.6 Å². The first-order valence-electron chi connectivity index (χ1n) is 16.0. The molecule has 0 bridgehead atoms. The molecule has 1 aliphatic rings. The second kappa shape index (κ2) is 20.1. The Bertz CT molecular complexity index is 1630. The van der Waals surface area contributed by atoms with Gasteiger partial charge in [0.05, 0.1) is 68.9 Å². The number of nitro benzene ring substituents is 1. The standard InChI is InChI=1S/C33H42N4O13/c1-23-19-36(32(39)35-31(23)38)29-18-27(28(49-29)22-47-26-8-3-2-4-9-26)50-33(40)48-21-25-7-5-6-24(30(25)37(41)42)20-46-17-16-45-15-14-44-13-12-43-11-10-34/h2-9,19,27-29H,10-18,20-22,34H2,1H3,(H,35,38,39)/t27-,28-,29-/m1/s1. The first kappa shape index (κ1) is 38.2. The molecule has 1 fully saturated rings. The van der Waals surface area contributed by atoms with E-state index in [0.29, 0.717) is 50.9 Å². The second-order valence-electron chi connectivity index (χ2n) is 11.0. The number of H-pyrrole nitrogens is 1. The van der Waals surface area contributed by atoms with Gasteiger partial charge in [-0.25, -0.2) is 9.59 Å². The van der Waals surface area contributed by atoms with Crippen LogP contribution in [0.2, 0.25) is 0 Å². The van der Waals surface area contributed by atoms with Gasteiger partial charge in [0.1, 0.15) is 37.4 Å². The van der Waals surface area contributed by atoms with Gasteiger partial charge in [0.2, 0.25) is 0 Å². The summed E-state index contributed by atoms with van der Waals surface area (Å²) in [5.74, 6) is 0.549. The summed E-state index contributed by atoms with van der Waals surface area (Å²) in [5.41, 5.74) is 4.59. The van der Waals surface area contributed by atoms with Crippen LogP contribution >= 0.6 is 0 Å². The molecule has 4 rings (SSSR count). The predicted molar refractivity (Wildman–Crippen MR) is 176 cm³/mol. The van der Waals surface area contributed by atoms with Crippen molar-refractivity contribution in [2.45, 2.75) is 45.0 Å². The number of nitrogens with zero attached hydrogens (tertiary/aromatic N) is 2. The average molecular weight is 703 g/mol. The molecule has 2 heterocycles. The fourth-order valence-electron chi connectivity index (χ4n) is 4.97. The molecule has 0 aliphatic carbocycles. The number of carbonyl (C=O) groups is 1. The van der Waals surface area contributed by atoms with E-state index in [2.05, 4.69) is 4.98 Å². The Morgan fingerprint density at radius 1 is 0.940 bits per heavy atom. The van der Waals surface area contributed by atoms with Crippen molar-refractivity contribution in [1.82, 2.24) is 9.55 Å². The van der Waals surface area contributed by atoms with Crippen LogP contribution < -0.4 is 21.7 Å². The Balaban J connectivity index is 1.29. The summed E-state index contributed by atoms with van der Waals surface area (Å²) in [4.78, 5) is 51.0. The van der Waals surface area contributed by atoms with Crippen molar-refractivity contribution in [3.8, 4) is 5.75 Å². The molecule has 0 radical (unpaired) electrons. The first-order valence-corrected chi connectivity index (χ1v) is 16.0. The summed E-state index contributed by atoms with van der Waals surface area (Å²) in [6.45, 7) is 3.99. The van der Waals surface area contributed by atoms with Gasteiger partial charge in [-0.05, 0) is 31.2 Å². The molecule has 0 amide bonds. The molecule has 272 valence electrons. The maximum atomic E-state index is 12.9. The van der Waals surface area contributed by atoms with Crippen molar-refractivity contribution in [2.24, 2.45) is 5.73 Å². The van der Waals surface area contributed by atoms with E-state index in [1.165, 1.54) is 16.8 Å². The smallest absolute Gasteiger partial charge is 0.491 e. The third kappa shape index (κ3) is 11.7. The highest BCUT2D eigenvalue weighted by Gasteiger charge is 2.40. The molecular formula is C33H42N4O13. The van der Waals surface area contributed by atoms with Crippen LogP contribution in [0.3, 0.4) is 0 Å². The lowest BCUT2D eigenvalue weighted by atomic mass is 10.1. The zero-order valence-electron chi connectivity index (χ0n) is 27.7. The van der Waals surface area contributed by atoms with Crippen LogP contribution in [0.4, 0.5) is 10.5 Å². The minimum atomic E-state index is -1.10. The van der Waals surface area contributed by atoms with E-state index in [0.717, 1.165) is 0 Å². The predicted octanol–water partition coefficient (Wildman–Crippen LogP) is 2.37. The lowest BCUT2D eigenvalue weighted by Crippen LogP contribution is -2.33. The van der Waals surface area contributed by atoms with Crippen LogP contribution in [0.1, 0.15) is 29.3 Å². The van der Waals surface area contributed by atoms with Gasteiger partial charge in [0, 0.05) is 24.7 Å². The number of rotatable bonds is 21. The number of ether oxygens (including phenoxy) is 8. The van der Waals surface area contributed by atoms with Gasteiger partial charge in [0.25, 0.3) is 11.2 Å². The van der Waals surface area contributed by atoms with Gasteiger partial charge in [-0.1, -0.05) is 24.3 Å². The van der Waals surface area contributed by atoms with Crippen LogP contribution in [0.5, 0.6) is 5.75 Å². The van der Waals surface area contributed by atoms with Gasteiger partial charge in [-0.15, -0.1) is 0 Å². The average Bonchev–Trinajstić information content (AvgIpc) is 3.50. The van der Waals surface area contributed by atoms with E-state index >= 15 is 0 Å². The highest BCUT2D eigenvalue weighted by atomic mass is 16.7. The highest BCUT2D eigenvalue weighted by Crippen LogP contribution is 2.31. The van der Waals surface area contributed by atoms with Gasteiger partial charge in [-0.2, -0.15) is 0 Å². The molecule has 3 atom stereocenters. The summed E-state index contributed by atoms with van der Waals surface area (Å²) in [5, 5.41) is 12.0. The summed E-state index contributed by atoms with van der Waals surface area (Å²) in [6, 6.07) is 13.5. The van der Waals surface area contributed by atoms with Crippen molar-refractivity contribution in [2.75, 3.05) is 59.4 Å². The summed E-state index contributed by atoms with van der Waals surface area (Å²) in [7, 11) is 0. The monoisotopic (exact) mass is 702 g/mol. The first-order chi connectivity index (χ1) is 24.3. The molecule has 3 aromatic rings. The van der Waals surface area contributed by atoms with Crippen LogP contribution in [-0.2, 0) is 46.4 Å². The van der Waals surface area contributed by atoms with E-state index in [-0.39, 0.29) is 49.7 Å². The maximum absolute atomic E-state index is 12.9. The Labute approximate surface area is 287 Å². The number of nitrogens with one attached hydrogen (secondary N) is 1. The molecular weight excluding hydrogens is 660 g/mol. The van der Waals surface area contributed by atoms with Gasteiger partial charge in [0.15, 0.2) is 0 Å². The third-order valence-electron chi connectivity index (χ3n) is 7.41. The van der Waals surface area contributed by atoms with E-state index in [1.807, 2.05) is 6.07 Å². The molecule has 2 aromatic carbocycles. The maximum Gasteiger partial charge on any atom is 0.508 e. The quantitative estimate of drug-likeness (QED) is 0.0706. The Kier molecular flexibility index (Phi) is 15.4. The minimum absolute atomic E-state index is 0.0348. The minimum Gasteiger partial charge on any atom is -0.491 e. The Hall–Kier alpha value is -4.65. The summed E-state index contributed by atoms with van der Waals surface area (Å²) in [6.07, 6.45) is -2.33. The van der Waals surface area contributed by atoms with E-state index < -0.39 is 47.4 Å². The SMILES string of the molecule is Cc1cn([C@H]2C[C@@H](OC(=O)OCc3cccc(COCCOCCOCCOCCN)c3[N+](=O)[O-])[C@@H](COc3ccccc3)O2)c(=O)[nH]c1=O. The fraction of sp³-hybridized carbons (Fsp3) is 0.485. The van der Waals surface area contributed by atoms with Crippen LogP contribution in [0, 0.1) is 17.0 Å². The molecule has 50 heavy (non-hydrogen) atoms. The van der Waals surface area contributed by atoms with Gasteiger partial charge < -0.3 is 43.6 Å². The normalized spacial score (nSPS) is 17.0. The topological polar surface area (TPSA) is 215 Å². The molecule has 17 heteroatoms. The van der Waals surface area contributed by atoms with Crippen LogP contribution in [0.25, 0.3) is 0 Å². The molecule has 1 saturated heterocycles. The zero-order valence-corrected chi connectivity index (χ0v) is 27.7.